The topological polar surface area (TPSA) is 44.3 Å². The van der Waals surface area contributed by atoms with Gasteiger partial charge in [-0.05, 0) is 30.0 Å². The Morgan fingerprint density at radius 2 is 1.95 bits per heavy atom. The molecule has 1 unspecified atom stereocenters. The Hall–Kier alpha value is -0.230. The van der Waals surface area contributed by atoms with Crippen LogP contribution in [0, 0.1) is 5.21 Å². The summed E-state index contributed by atoms with van der Waals surface area (Å²) in [6.45, 7) is 2.11. The highest BCUT2D eigenvalue weighted by Gasteiger charge is 2.10. The lowest BCUT2D eigenvalue weighted by atomic mass is 10.3. The first-order chi connectivity index (χ1) is 9.44. The summed E-state index contributed by atoms with van der Waals surface area (Å²) >= 11 is 17.1. The average molecular weight is 342 g/mol. The molecule has 0 aliphatic heterocycles. The fraction of sp³-hybridized carbons (Fsp3) is 0.538. The normalized spacial score (nSPS) is 14.1. The summed E-state index contributed by atoms with van der Waals surface area (Å²) in [4.78, 5) is 2.51. The molecule has 4 nitrogen and oxygen atoms in total. The van der Waals surface area contributed by atoms with Crippen LogP contribution in [0.15, 0.2) is 18.2 Å². The van der Waals surface area contributed by atoms with Crippen LogP contribution in [0.1, 0.15) is 12.8 Å². The van der Waals surface area contributed by atoms with Gasteiger partial charge in [0.15, 0.2) is 0 Å². The fourth-order valence-electron chi connectivity index (χ4n) is 1.77. The molecule has 0 aromatic heterocycles. The van der Waals surface area contributed by atoms with Gasteiger partial charge in [-0.25, -0.2) is 4.84 Å². The maximum absolute atomic E-state index is 12.1. The molecule has 0 aliphatic carbocycles. The molecule has 0 bridgehead atoms. The largest absolute Gasteiger partial charge is 0.633 e. The second-order valence-electron chi connectivity index (χ2n) is 4.76. The van der Waals surface area contributed by atoms with E-state index in [0.717, 1.165) is 6.42 Å². The first-order valence-electron chi connectivity index (χ1n) is 6.41. The summed E-state index contributed by atoms with van der Waals surface area (Å²) < 4.78 is 5.24. The maximum atomic E-state index is 12.1. The zero-order valence-corrected chi connectivity index (χ0v) is 13.6. The van der Waals surface area contributed by atoms with E-state index in [9.17, 15) is 5.21 Å². The van der Waals surface area contributed by atoms with Gasteiger partial charge in [-0.3, -0.25) is 0 Å². The first-order valence-corrected chi connectivity index (χ1v) is 7.55. The highest BCUT2D eigenvalue weighted by atomic mass is 35.5. The molecule has 0 saturated heterocycles. The van der Waals surface area contributed by atoms with Crippen LogP contribution in [-0.2, 0) is 0 Å². The van der Waals surface area contributed by atoms with Crippen LogP contribution >= 0.6 is 35.0 Å². The minimum absolute atomic E-state index is 0.295. The van der Waals surface area contributed by atoms with Gasteiger partial charge in [0.05, 0.1) is 31.8 Å². The number of ether oxygens (including phenoxy) is 1. The van der Waals surface area contributed by atoms with Crippen molar-refractivity contribution in [1.82, 2.24) is 4.84 Å². The third-order valence-corrected chi connectivity index (χ3v) is 3.55. The summed E-state index contributed by atoms with van der Waals surface area (Å²) in [6, 6.07) is 5.07. The van der Waals surface area contributed by atoms with Crippen molar-refractivity contribution in [1.29, 1.82) is 0 Å². The fourth-order valence-corrected chi connectivity index (χ4v) is 2.36. The van der Waals surface area contributed by atoms with Crippen molar-refractivity contribution in [3.05, 3.63) is 33.5 Å². The Kier molecular flexibility index (Phi) is 7.95. The van der Waals surface area contributed by atoms with Gasteiger partial charge in [0.25, 0.3) is 0 Å². The van der Waals surface area contributed by atoms with Crippen LogP contribution in [0.2, 0.25) is 10.0 Å². The van der Waals surface area contributed by atoms with Gasteiger partial charge < -0.3 is 14.6 Å². The molecule has 0 heterocycles. The van der Waals surface area contributed by atoms with Crippen LogP contribution in [0.25, 0.3) is 0 Å². The average Bonchev–Trinajstić information content (AvgIpc) is 2.37. The predicted octanol–water partition coefficient (Wildman–Crippen LogP) is 3.84. The summed E-state index contributed by atoms with van der Waals surface area (Å²) in [7, 11) is 1.66. The van der Waals surface area contributed by atoms with Crippen molar-refractivity contribution < 1.29 is 9.38 Å². The van der Waals surface area contributed by atoms with Crippen molar-refractivity contribution in [2.45, 2.75) is 12.8 Å². The van der Waals surface area contributed by atoms with Gasteiger partial charge in [0, 0.05) is 24.4 Å². The van der Waals surface area contributed by atoms with Gasteiger partial charge >= 0.3 is 0 Å². The van der Waals surface area contributed by atoms with E-state index in [1.807, 2.05) is 0 Å². The minimum Gasteiger partial charge on any atom is -0.633 e. The number of quaternary nitrogens is 1. The molecule has 0 fully saturated rings. The summed E-state index contributed by atoms with van der Waals surface area (Å²) in [5.74, 6) is 0.586. The van der Waals surface area contributed by atoms with Crippen molar-refractivity contribution in [3.8, 4) is 5.75 Å². The molecular weight excluding hydrogens is 323 g/mol. The quantitative estimate of drug-likeness (QED) is 0.321. The van der Waals surface area contributed by atoms with E-state index in [1.165, 1.54) is 0 Å². The number of rotatable bonds is 9. The second-order valence-corrected chi connectivity index (χ2v) is 5.87. The SMILES string of the molecule is C[N+]([O-])(CCCNCl)CCCOc1ccc(Cl)cc1Cl. The zero-order valence-electron chi connectivity index (χ0n) is 11.4. The number of hydrogen-bond donors (Lipinski definition) is 1. The Morgan fingerprint density at radius 3 is 2.60 bits per heavy atom. The van der Waals surface area contributed by atoms with Crippen LogP contribution in [-0.4, -0.2) is 37.9 Å². The number of halogens is 3. The number of hydroxylamine groups is 3. The van der Waals surface area contributed by atoms with Crippen molar-refractivity contribution in [2.24, 2.45) is 0 Å². The molecule has 7 heteroatoms. The highest BCUT2D eigenvalue weighted by molar-refractivity contribution is 6.35. The second kappa shape index (κ2) is 8.93. The molecule has 114 valence electrons. The molecule has 0 aliphatic rings. The summed E-state index contributed by atoms with van der Waals surface area (Å²) in [6.07, 6.45) is 1.40. The van der Waals surface area contributed by atoms with E-state index in [2.05, 4.69) is 4.84 Å². The lowest BCUT2D eigenvalue weighted by Gasteiger charge is -2.38. The summed E-state index contributed by atoms with van der Waals surface area (Å²) in [5, 5.41) is 13.1. The molecule has 0 radical (unpaired) electrons. The smallest absolute Gasteiger partial charge is 0.137 e. The van der Waals surface area contributed by atoms with Gasteiger partial charge in [-0.2, -0.15) is 0 Å². The highest BCUT2D eigenvalue weighted by Crippen LogP contribution is 2.27. The van der Waals surface area contributed by atoms with E-state index in [1.54, 1.807) is 25.2 Å². The van der Waals surface area contributed by atoms with Gasteiger partial charge in [-0.1, -0.05) is 23.2 Å². The number of hydrogen-bond acceptors (Lipinski definition) is 3. The lowest BCUT2D eigenvalue weighted by Crippen LogP contribution is -2.40. The third kappa shape index (κ3) is 6.97. The van der Waals surface area contributed by atoms with Crippen LogP contribution < -0.4 is 9.57 Å². The molecule has 1 atom stereocenters. The monoisotopic (exact) mass is 340 g/mol. The van der Waals surface area contributed by atoms with Crippen molar-refractivity contribution in [3.63, 3.8) is 0 Å². The van der Waals surface area contributed by atoms with Crippen molar-refractivity contribution >= 4 is 35.0 Å². The number of nitrogens with zero attached hydrogens (tertiary/aromatic N) is 1. The Morgan fingerprint density at radius 1 is 1.25 bits per heavy atom. The molecule has 1 aromatic carbocycles. The Bertz CT molecular complexity index is 417. The van der Waals surface area contributed by atoms with E-state index >= 15 is 0 Å². The molecule has 1 rings (SSSR count). The molecular formula is C13H19Cl3N2O2. The predicted molar refractivity (Wildman–Crippen MR) is 84.3 cm³/mol. The van der Waals surface area contributed by atoms with E-state index in [4.69, 9.17) is 39.7 Å². The van der Waals surface area contributed by atoms with Crippen LogP contribution in [0.4, 0.5) is 0 Å². The van der Waals surface area contributed by atoms with E-state index in [0.29, 0.717) is 48.5 Å². The summed E-state index contributed by atoms with van der Waals surface area (Å²) in [5.41, 5.74) is 0. The molecule has 0 saturated carbocycles. The standard InChI is InChI=1S/C13H19Cl3N2O2/c1-18(19,7-2-6-17-16)8-3-9-20-13-5-4-11(14)10-12(13)15/h4-5,10,17H,2-3,6-9H2,1H3. The van der Waals surface area contributed by atoms with Gasteiger partial charge in [0.1, 0.15) is 5.75 Å². The van der Waals surface area contributed by atoms with E-state index < -0.39 is 0 Å². The molecule has 0 spiro atoms. The molecule has 0 amide bonds. The Labute approximate surface area is 134 Å². The van der Waals surface area contributed by atoms with Gasteiger partial charge in [0.2, 0.25) is 0 Å². The van der Waals surface area contributed by atoms with Crippen LogP contribution in [0.5, 0.6) is 5.75 Å². The Balaban J connectivity index is 2.27. The number of benzene rings is 1. The van der Waals surface area contributed by atoms with Crippen molar-refractivity contribution in [2.75, 3.05) is 33.3 Å². The minimum atomic E-state index is -0.295. The molecule has 20 heavy (non-hydrogen) atoms. The van der Waals surface area contributed by atoms with E-state index in [-0.39, 0.29) is 4.65 Å². The first kappa shape index (κ1) is 17.8. The zero-order chi connectivity index (χ0) is 15.0. The molecule has 1 aromatic rings. The third-order valence-electron chi connectivity index (χ3n) is 2.83. The lowest BCUT2D eigenvalue weighted by molar-refractivity contribution is -0.861. The number of nitrogens with one attached hydrogen (secondary N) is 1. The molecule has 1 N–H and O–H groups in total. The van der Waals surface area contributed by atoms with Gasteiger partial charge in [-0.15, -0.1) is 0 Å². The van der Waals surface area contributed by atoms with Crippen LogP contribution in [0.3, 0.4) is 0 Å². The maximum Gasteiger partial charge on any atom is 0.137 e.